The van der Waals surface area contributed by atoms with Gasteiger partial charge < -0.3 is 4.43 Å². The molecular weight excluding hydrogens is 276 g/mol. The smallest absolute Gasteiger partial charge is 0.222 e. The molecule has 19 heavy (non-hydrogen) atoms. The van der Waals surface area contributed by atoms with E-state index in [-0.39, 0.29) is 5.04 Å². The minimum Gasteiger partial charge on any atom is -0.412 e. The number of hydrogen-bond donors (Lipinski definition) is 0. The molecular formula is C14H25ClN2OSi. The number of halogens is 1. The molecule has 0 saturated heterocycles. The van der Waals surface area contributed by atoms with E-state index in [4.69, 9.17) is 16.0 Å². The monoisotopic (exact) mass is 300 g/mol. The topological polar surface area (TPSA) is 35.0 Å². The van der Waals surface area contributed by atoms with Gasteiger partial charge in [0.2, 0.25) is 5.28 Å². The highest BCUT2D eigenvalue weighted by Crippen LogP contribution is 2.37. The fraction of sp³-hybridized carbons (Fsp3) is 0.714. The minimum absolute atomic E-state index is 0.207. The zero-order chi connectivity index (χ0) is 14.8. The predicted molar refractivity (Wildman–Crippen MR) is 83.1 cm³/mol. The van der Waals surface area contributed by atoms with Gasteiger partial charge >= 0.3 is 0 Å². The zero-order valence-corrected chi connectivity index (χ0v) is 14.8. The van der Waals surface area contributed by atoms with Gasteiger partial charge in [0.25, 0.3) is 0 Å². The van der Waals surface area contributed by atoms with Crippen molar-refractivity contribution in [1.82, 2.24) is 9.97 Å². The molecule has 0 aromatic carbocycles. The van der Waals surface area contributed by atoms with Crippen LogP contribution in [0.2, 0.25) is 23.4 Å². The quantitative estimate of drug-likeness (QED) is 0.593. The molecule has 0 aliphatic heterocycles. The van der Waals surface area contributed by atoms with E-state index < -0.39 is 8.32 Å². The Morgan fingerprint density at radius 3 is 2.37 bits per heavy atom. The largest absolute Gasteiger partial charge is 0.412 e. The van der Waals surface area contributed by atoms with Crippen LogP contribution in [0.4, 0.5) is 0 Å². The first-order valence-corrected chi connectivity index (χ1v) is 9.98. The maximum atomic E-state index is 6.23. The third kappa shape index (κ3) is 4.26. The summed E-state index contributed by atoms with van der Waals surface area (Å²) in [4.78, 5) is 8.40. The molecule has 1 heterocycles. The van der Waals surface area contributed by atoms with Gasteiger partial charge in [0.05, 0.1) is 12.3 Å². The normalized spacial score (nSPS) is 13.1. The second-order valence-electron chi connectivity index (χ2n) is 6.75. The maximum Gasteiger partial charge on any atom is 0.222 e. The van der Waals surface area contributed by atoms with Crippen LogP contribution in [-0.2, 0) is 11.0 Å². The van der Waals surface area contributed by atoms with Crippen molar-refractivity contribution in [2.24, 2.45) is 0 Å². The van der Waals surface area contributed by atoms with Crippen LogP contribution in [-0.4, -0.2) is 18.3 Å². The number of rotatable bonds is 4. The summed E-state index contributed by atoms with van der Waals surface area (Å²) in [6, 6.07) is 0. The SMILES string of the molecule is CC(C)c1nc(Cl)ncc1CO[Si](C)(C)C(C)(C)C. The highest BCUT2D eigenvalue weighted by Gasteiger charge is 2.37. The Bertz CT molecular complexity index is 442. The third-order valence-corrected chi connectivity index (χ3v) is 8.47. The Morgan fingerprint density at radius 1 is 1.32 bits per heavy atom. The molecule has 0 N–H and O–H groups in total. The summed E-state index contributed by atoms with van der Waals surface area (Å²) >= 11 is 5.87. The van der Waals surface area contributed by atoms with E-state index in [0.29, 0.717) is 17.8 Å². The summed E-state index contributed by atoms with van der Waals surface area (Å²) in [5, 5.41) is 0.512. The van der Waals surface area contributed by atoms with Crippen molar-refractivity contribution in [2.75, 3.05) is 0 Å². The zero-order valence-electron chi connectivity index (χ0n) is 13.0. The molecule has 0 aliphatic rings. The highest BCUT2D eigenvalue weighted by molar-refractivity contribution is 6.74. The summed E-state index contributed by atoms with van der Waals surface area (Å²) in [6.07, 6.45) is 1.79. The average Bonchev–Trinajstić information content (AvgIpc) is 2.25. The lowest BCUT2D eigenvalue weighted by Crippen LogP contribution is -2.40. The van der Waals surface area contributed by atoms with Gasteiger partial charge in [-0.2, -0.15) is 0 Å². The van der Waals surface area contributed by atoms with Crippen LogP contribution in [0.3, 0.4) is 0 Å². The van der Waals surface area contributed by atoms with E-state index in [0.717, 1.165) is 11.3 Å². The lowest BCUT2D eigenvalue weighted by molar-refractivity contribution is 0.274. The molecule has 0 bridgehead atoms. The van der Waals surface area contributed by atoms with Gasteiger partial charge in [0, 0.05) is 11.8 Å². The molecule has 0 fully saturated rings. The number of hydrogen-bond acceptors (Lipinski definition) is 3. The van der Waals surface area contributed by atoms with E-state index in [9.17, 15) is 0 Å². The van der Waals surface area contributed by atoms with E-state index in [1.165, 1.54) is 0 Å². The lowest BCUT2D eigenvalue weighted by Gasteiger charge is -2.36. The van der Waals surface area contributed by atoms with Crippen LogP contribution in [0.1, 0.15) is 51.8 Å². The molecule has 1 rings (SSSR count). The van der Waals surface area contributed by atoms with Crippen LogP contribution in [0.5, 0.6) is 0 Å². The second-order valence-corrected chi connectivity index (χ2v) is 11.9. The molecule has 0 spiro atoms. The maximum absolute atomic E-state index is 6.23. The van der Waals surface area contributed by atoms with Gasteiger partial charge in [-0.1, -0.05) is 34.6 Å². The predicted octanol–water partition coefficient (Wildman–Crippen LogP) is 4.78. The Kier molecular flexibility index (Phi) is 5.15. The molecule has 0 radical (unpaired) electrons. The van der Waals surface area contributed by atoms with Crippen molar-refractivity contribution in [2.45, 2.75) is 65.3 Å². The molecule has 1 aromatic heterocycles. The first kappa shape index (κ1) is 16.6. The fourth-order valence-corrected chi connectivity index (χ4v) is 2.57. The first-order chi connectivity index (χ1) is 8.54. The molecule has 3 nitrogen and oxygen atoms in total. The van der Waals surface area contributed by atoms with E-state index in [1.54, 1.807) is 6.20 Å². The average molecular weight is 301 g/mol. The Hall–Kier alpha value is -0.453. The van der Waals surface area contributed by atoms with Crippen LogP contribution in [0.15, 0.2) is 6.20 Å². The molecule has 0 aliphatic carbocycles. The summed E-state index contributed by atoms with van der Waals surface area (Å²) in [7, 11) is -1.75. The molecule has 0 unspecified atom stereocenters. The second kappa shape index (κ2) is 5.90. The van der Waals surface area contributed by atoms with Crippen molar-refractivity contribution in [3.05, 3.63) is 22.7 Å². The molecule has 108 valence electrons. The fourth-order valence-electron chi connectivity index (χ4n) is 1.48. The first-order valence-electron chi connectivity index (χ1n) is 6.70. The highest BCUT2D eigenvalue weighted by atomic mass is 35.5. The van der Waals surface area contributed by atoms with Crippen molar-refractivity contribution >= 4 is 19.9 Å². The lowest BCUT2D eigenvalue weighted by atomic mass is 10.1. The number of nitrogens with zero attached hydrogens (tertiary/aromatic N) is 2. The van der Waals surface area contributed by atoms with Crippen molar-refractivity contribution in [1.29, 1.82) is 0 Å². The van der Waals surface area contributed by atoms with Gasteiger partial charge in [-0.3, -0.25) is 0 Å². The van der Waals surface area contributed by atoms with Crippen LogP contribution in [0, 0.1) is 0 Å². The van der Waals surface area contributed by atoms with Crippen LogP contribution in [0.25, 0.3) is 0 Å². The Labute approximate surface area is 122 Å². The molecule has 0 atom stereocenters. The number of aromatic nitrogens is 2. The summed E-state index contributed by atoms with van der Waals surface area (Å²) in [5.41, 5.74) is 2.03. The molecule has 5 heteroatoms. The van der Waals surface area contributed by atoms with Gasteiger partial charge in [0.15, 0.2) is 8.32 Å². The molecule has 0 saturated carbocycles. The minimum atomic E-state index is -1.75. The standard InChI is InChI=1S/C14H25ClN2OSi/c1-10(2)12-11(8-16-13(15)17-12)9-18-19(6,7)14(3,4)5/h8,10H,9H2,1-7H3. The van der Waals surface area contributed by atoms with Crippen molar-refractivity contribution in [3.63, 3.8) is 0 Å². The third-order valence-electron chi connectivity index (χ3n) is 3.81. The van der Waals surface area contributed by atoms with Gasteiger partial charge in [-0.15, -0.1) is 0 Å². The molecule has 1 aromatic rings. The van der Waals surface area contributed by atoms with Crippen LogP contribution >= 0.6 is 11.6 Å². The van der Waals surface area contributed by atoms with Crippen molar-refractivity contribution < 1.29 is 4.43 Å². The van der Waals surface area contributed by atoms with Gasteiger partial charge in [0.1, 0.15) is 0 Å². The summed E-state index contributed by atoms with van der Waals surface area (Å²) in [5.74, 6) is 0.318. The van der Waals surface area contributed by atoms with Crippen molar-refractivity contribution in [3.8, 4) is 0 Å². The molecule has 0 amide bonds. The van der Waals surface area contributed by atoms with Crippen LogP contribution < -0.4 is 0 Å². The van der Waals surface area contributed by atoms with Gasteiger partial charge in [-0.05, 0) is 35.7 Å². The van der Waals surface area contributed by atoms with E-state index in [2.05, 4.69) is 57.7 Å². The van der Waals surface area contributed by atoms with E-state index >= 15 is 0 Å². The Balaban J connectivity index is 2.90. The van der Waals surface area contributed by atoms with Gasteiger partial charge in [-0.25, -0.2) is 9.97 Å². The summed E-state index contributed by atoms with van der Waals surface area (Å²) < 4.78 is 6.23. The van der Waals surface area contributed by atoms with E-state index in [1.807, 2.05) is 0 Å². The Morgan fingerprint density at radius 2 is 1.89 bits per heavy atom. The summed E-state index contributed by atoms with van der Waals surface area (Å²) in [6.45, 7) is 16.0.